The minimum atomic E-state index is -0.525. The number of rotatable bonds is 15. The molecule has 0 aromatic heterocycles. The van der Waals surface area contributed by atoms with Crippen LogP contribution in [0.4, 0.5) is 0 Å². The average Bonchev–Trinajstić information content (AvgIpc) is 2.67. The highest BCUT2D eigenvalue weighted by atomic mass is 16.5. The van der Waals surface area contributed by atoms with Crippen LogP contribution < -0.4 is 0 Å². The van der Waals surface area contributed by atoms with E-state index in [9.17, 15) is 9.59 Å². The highest BCUT2D eigenvalue weighted by Gasteiger charge is 2.09. The molecule has 0 spiro atoms. The van der Waals surface area contributed by atoms with Crippen molar-refractivity contribution in [1.82, 2.24) is 0 Å². The molecule has 0 radical (unpaired) electrons. The van der Waals surface area contributed by atoms with Gasteiger partial charge in [0.05, 0.1) is 6.61 Å². The van der Waals surface area contributed by atoms with E-state index >= 15 is 0 Å². The Morgan fingerprint density at radius 1 is 0.815 bits per heavy atom. The molecule has 4 heteroatoms. The van der Waals surface area contributed by atoms with E-state index in [1.54, 1.807) is 0 Å². The maximum Gasteiger partial charge on any atom is 0.331 e. The van der Waals surface area contributed by atoms with Gasteiger partial charge in [0.15, 0.2) is 0 Å². The third-order valence-electron chi connectivity index (χ3n) is 4.17. The topological polar surface area (TPSA) is 52.6 Å². The molecular weight excluding hydrogens is 340 g/mol. The average molecular weight is 379 g/mol. The third kappa shape index (κ3) is 17.4. The Labute approximate surface area is 166 Å². The number of hydrogen-bond acceptors (Lipinski definition) is 4. The predicted molar refractivity (Wildman–Crippen MR) is 110 cm³/mol. The summed E-state index contributed by atoms with van der Waals surface area (Å²) in [6.45, 7) is 6.64. The molecule has 4 nitrogen and oxygen atoms in total. The first-order chi connectivity index (χ1) is 13.1. The van der Waals surface area contributed by atoms with Crippen molar-refractivity contribution >= 4 is 11.9 Å². The van der Waals surface area contributed by atoms with E-state index < -0.39 is 11.9 Å². The minimum Gasteiger partial charge on any atom is -0.463 e. The molecule has 27 heavy (non-hydrogen) atoms. The molecule has 0 aliphatic heterocycles. The van der Waals surface area contributed by atoms with Gasteiger partial charge in [0.2, 0.25) is 0 Å². The molecule has 0 saturated heterocycles. The van der Waals surface area contributed by atoms with Crippen LogP contribution in [-0.2, 0) is 19.1 Å². The van der Waals surface area contributed by atoms with E-state index in [1.165, 1.54) is 38.5 Å². The lowest BCUT2D eigenvalue weighted by atomic mass is 10.1. The molecule has 0 saturated carbocycles. The van der Waals surface area contributed by atoms with Gasteiger partial charge in [-0.3, -0.25) is 0 Å². The number of carbonyl (C=O) groups is 2. The molecule has 0 aromatic carbocycles. The first kappa shape index (κ1) is 25.2. The number of hydrogen-bond donors (Lipinski definition) is 0. The van der Waals surface area contributed by atoms with E-state index in [-0.39, 0.29) is 6.10 Å². The van der Waals surface area contributed by atoms with Crippen molar-refractivity contribution in [2.45, 2.75) is 104 Å². The standard InChI is InChI=1S/C23H38O4/c1-4-7-9-11-12-13-14-16-20-26-22(24)18-19-23(25)27-21(6-3)17-15-10-8-5-2/h18-19,21H,4-9,11-14,16-17,20H2,1-3H3/b19-18+. The fourth-order valence-corrected chi connectivity index (χ4v) is 2.47. The lowest BCUT2D eigenvalue weighted by Crippen LogP contribution is -2.15. The number of esters is 2. The van der Waals surface area contributed by atoms with Gasteiger partial charge in [-0.25, -0.2) is 9.59 Å². The molecule has 0 N–H and O–H groups in total. The summed E-state index contributed by atoms with van der Waals surface area (Å²) in [5.74, 6) is 5.04. The van der Waals surface area contributed by atoms with Crippen LogP contribution in [0.3, 0.4) is 0 Å². The summed E-state index contributed by atoms with van der Waals surface area (Å²) in [5.41, 5.74) is 0. The van der Waals surface area contributed by atoms with E-state index in [4.69, 9.17) is 9.47 Å². The molecule has 0 heterocycles. The highest BCUT2D eigenvalue weighted by Crippen LogP contribution is 2.08. The molecule has 0 rings (SSSR count). The quantitative estimate of drug-likeness (QED) is 0.158. The fraction of sp³-hybridized carbons (Fsp3) is 0.739. The summed E-state index contributed by atoms with van der Waals surface area (Å²) < 4.78 is 10.4. The van der Waals surface area contributed by atoms with Crippen LogP contribution in [0.25, 0.3) is 0 Å². The van der Waals surface area contributed by atoms with Gasteiger partial charge in [0.1, 0.15) is 6.10 Å². The molecule has 1 unspecified atom stereocenters. The Bertz CT molecular complexity index is 471. The molecule has 0 fully saturated rings. The van der Waals surface area contributed by atoms with Crippen molar-refractivity contribution in [2.24, 2.45) is 0 Å². The van der Waals surface area contributed by atoms with Crippen molar-refractivity contribution in [3.8, 4) is 11.8 Å². The van der Waals surface area contributed by atoms with E-state index in [2.05, 4.69) is 25.7 Å². The van der Waals surface area contributed by atoms with Gasteiger partial charge in [-0.1, -0.05) is 71.6 Å². The van der Waals surface area contributed by atoms with Gasteiger partial charge in [0, 0.05) is 25.0 Å². The number of carbonyl (C=O) groups excluding carboxylic acids is 2. The molecule has 0 aliphatic rings. The minimum absolute atomic E-state index is 0.236. The Balaban J connectivity index is 3.82. The summed E-state index contributed by atoms with van der Waals surface area (Å²) in [6, 6.07) is 0. The van der Waals surface area contributed by atoms with Gasteiger partial charge in [0.25, 0.3) is 0 Å². The second-order valence-corrected chi connectivity index (χ2v) is 6.75. The Morgan fingerprint density at radius 2 is 1.44 bits per heavy atom. The lowest BCUT2D eigenvalue weighted by molar-refractivity contribution is -0.144. The van der Waals surface area contributed by atoms with E-state index in [0.29, 0.717) is 19.4 Å². The molecule has 0 amide bonds. The maximum absolute atomic E-state index is 11.8. The Morgan fingerprint density at radius 3 is 2.07 bits per heavy atom. The smallest absolute Gasteiger partial charge is 0.331 e. The highest BCUT2D eigenvalue weighted by molar-refractivity contribution is 5.91. The summed E-state index contributed by atoms with van der Waals surface area (Å²) >= 11 is 0. The second-order valence-electron chi connectivity index (χ2n) is 6.75. The van der Waals surface area contributed by atoms with Crippen molar-refractivity contribution in [3.63, 3.8) is 0 Å². The van der Waals surface area contributed by atoms with Crippen LogP contribution in [-0.4, -0.2) is 24.6 Å². The van der Waals surface area contributed by atoms with E-state index in [0.717, 1.165) is 37.8 Å². The number of ether oxygens (including phenoxy) is 2. The zero-order valence-electron chi connectivity index (χ0n) is 17.6. The van der Waals surface area contributed by atoms with Crippen molar-refractivity contribution in [1.29, 1.82) is 0 Å². The second kappa shape index (κ2) is 19.0. The summed E-state index contributed by atoms with van der Waals surface area (Å²) in [5, 5.41) is 0. The molecule has 154 valence electrons. The summed E-state index contributed by atoms with van der Waals surface area (Å²) in [4.78, 5) is 23.4. The molecule has 0 bridgehead atoms. The van der Waals surface area contributed by atoms with Gasteiger partial charge in [-0.05, 0) is 19.3 Å². The van der Waals surface area contributed by atoms with Crippen LogP contribution in [0.5, 0.6) is 0 Å². The molecule has 0 aliphatic carbocycles. The van der Waals surface area contributed by atoms with Crippen LogP contribution in [0.1, 0.15) is 97.8 Å². The van der Waals surface area contributed by atoms with Gasteiger partial charge >= 0.3 is 11.9 Å². The molecule has 1 atom stereocenters. The molecular formula is C23H38O4. The lowest BCUT2D eigenvalue weighted by Gasteiger charge is -2.11. The van der Waals surface area contributed by atoms with Crippen LogP contribution >= 0.6 is 0 Å². The van der Waals surface area contributed by atoms with Crippen molar-refractivity contribution in [2.75, 3.05) is 6.61 Å². The van der Waals surface area contributed by atoms with Gasteiger partial charge in [-0.15, -0.1) is 5.92 Å². The van der Waals surface area contributed by atoms with Crippen molar-refractivity contribution < 1.29 is 19.1 Å². The van der Waals surface area contributed by atoms with Crippen LogP contribution in [0, 0.1) is 11.8 Å². The summed E-state index contributed by atoms with van der Waals surface area (Å²) in [6.07, 6.45) is 14.7. The van der Waals surface area contributed by atoms with Gasteiger partial charge in [-0.2, -0.15) is 0 Å². The SMILES string of the molecule is CCCC#CCC(CC)OC(=O)/C=C/C(=O)OCCCCCCCCCC. The van der Waals surface area contributed by atoms with Crippen molar-refractivity contribution in [3.05, 3.63) is 12.2 Å². The largest absolute Gasteiger partial charge is 0.463 e. The Hall–Kier alpha value is -1.76. The Kier molecular flexibility index (Phi) is 17.8. The monoisotopic (exact) mass is 378 g/mol. The summed E-state index contributed by atoms with van der Waals surface area (Å²) in [7, 11) is 0. The van der Waals surface area contributed by atoms with E-state index in [1.807, 2.05) is 6.92 Å². The number of unbranched alkanes of at least 4 members (excludes halogenated alkanes) is 8. The zero-order chi connectivity index (χ0) is 20.2. The first-order valence-electron chi connectivity index (χ1n) is 10.6. The first-order valence-corrected chi connectivity index (χ1v) is 10.6. The van der Waals surface area contributed by atoms with Crippen LogP contribution in [0.15, 0.2) is 12.2 Å². The third-order valence-corrected chi connectivity index (χ3v) is 4.17. The van der Waals surface area contributed by atoms with Crippen LogP contribution in [0.2, 0.25) is 0 Å². The molecule has 0 aromatic rings. The fourth-order valence-electron chi connectivity index (χ4n) is 2.47. The zero-order valence-corrected chi connectivity index (χ0v) is 17.6. The maximum atomic E-state index is 11.8. The predicted octanol–water partition coefficient (Wildman–Crippen LogP) is 5.74. The normalized spacial score (nSPS) is 11.7. The van der Waals surface area contributed by atoms with Gasteiger partial charge < -0.3 is 9.47 Å².